The van der Waals surface area contributed by atoms with Crippen molar-refractivity contribution in [1.29, 1.82) is 5.41 Å². The predicted molar refractivity (Wildman–Crippen MR) is 140 cm³/mol. The zero-order valence-corrected chi connectivity index (χ0v) is 20.6. The first-order valence-corrected chi connectivity index (χ1v) is 11.9. The lowest BCUT2D eigenvalue weighted by molar-refractivity contribution is -0.114. The van der Waals surface area contributed by atoms with Crippen molar-refractivity contribution < 1.29 is 4.79 Å². The zero-order chi connectivity index (χ0) is 24.1. The Bertz CT molecular complexity index is 1470. The van der Waals surface area contributed by atoms with Crippen LogP contribution in [0.4, 0.5) is 0 Å². The average Bonchev–Trinajstić information content (AvgIpc) is 3.34. The number of hydrazone groups is 1. The second kappa shape index (κ2) is 8.25. The number of aromatic nitrogens is 1. The van der Waals surface area contributed by atoms with Crippen LogP contribution in [0.15, 0.2) is 64.2 Å². The second-order valence-electron chi connectivity index (χ2n) is 8.62. The number of aliphatic imine (C=N–C) groups is 1. The molecule has 5 rings (SSSR count). The first-order valence-electron chi connectivity index (χ1n) is 11.1. The van der Waals surface area contributed by atoms with Crippen LogP contribution >= 0.6 is 11.8 Å². The summed E-state index contributed by atoms with van der Waals surface area (Å²) in [5, 5.41) is 16.0. The number of nitrogens with one attached hydrogen (secondary N) is 1. The summed E-state index contributed by atoms with van der Waals surface area (Å²) in [4.78, 5) is 17.2. The van der Waals surface area contributed by atoms with Crippen LogP contribution in [0.25, 0.3) is 11.8 Å². The summed E-state index contributed by atoms with van der Waals surface area (Å²) in [5.74, 6) is -0.371. The molecule has 0 spiro atoms. The summed E-state index contributed by atoms with van der Waals surface area (Å²) >= 11 is 1.32. The van der Waals surface area contributed by atoms with E-state index < -0.39 is 5.91 Å². The number of benzene rings is 2. The van der Waals surface area contributed by atoms with Crippen molar-refractivity contribution in [3.63, 3.8) is 0 Å². The van der Waals surface area contributed by atoms with Gasteiger partial charge in [-0.3, -0.25) is 10.2 Å². The number of rotatable bonds is 3. The Morgan fingerprint density at radius 3 is 2.47 bits per heavy atom. The van der Waals surface area contributed by atoms with E-state index in [2.05, 4.69) is 53.6 Å². The lowest BCUT2D eigenvalue weighted by Gasteiger charge is -2.20. The van der Waals surface area contributed by atoms with Gasteiger partial charge in [0.1, 0.15) is 5.04 Å². The highest BCUT2D eigenvalue weighted by molar-refractivity contribution is 8.27. The maximum Gasteiger partial charge on any atom is 0.283 e. The van der Waals surface area contributed by atoms with Gasteiger partial charge in [0, 0.05) is 22.6 Å². The molecule has 3 heterocycles. The maximum absolute atomic E-state index is 12.9. The standard InChI is InChI=1S/C27H25N5OS/c1-15-10-8-12-23(18(15)4)31-17(3)13-20(19(31)5)14-22-24(28)32-27(29-25(22)33)34-26(30-32)21-11-7-6-9-16(21)2/h6-14,28H,1-5H3/b22-14+,28-24?. The summed E-state index contributed by atoms with van der Waals surface area (Å²) < 4.78 is 2.19. The van der Waals surface area contributed by atoms with Crippen LogP contribution in [0.2, 0.25) is 0 Å². The van der Waals surface area contributed by atoms with Crippen molar-refractivity contribution in [3.05, 3.63) is 93.3 Å². The third-order valence-electron chi connectivity index (χ3n) is 6.42. The van der Waals surface area contributed by atoms with Crippen LogP contribution in [0.5, 0.6) is 0 Å². The molecule has 6 nitrogen and oxygen atoms in total. The van der Waals surface area contributed by atoms with E-state index in [1.807, 2.05) is 44.2 Å². The third-order valence-corrected chi connectivity index (χ3v) is 7.36. The molecule has 170 valence electrons. The van der Waals surface area contributed by atoms with Crippen molar-refractivity contribution in [2.45, 2.75) is 34.6 Å². The third kappa shape index (κ3) is 3.53. The lowest BCUT2D eigenvalue weighted by Crippen LogP contribution is -2.35. The summed E-state index contributed by atoms with van der Waals surface area (Å²) in [6, 6.07) is 16.3. The van der Waals surface area contributed by atoms with Gasteiger partial charge in [-0.25, -0.2) is 0 Å². The Morgan fingerprint density at radius 1 is 0.971 bits per heavy atom. The molecule has 0 bridgehead atoms. The molecule has 0 saturated heterocycles. The highest BCUT2D eigenvalue weighted by Crippen LogP contribution is 2.33. The molecule has 34 heavy (non-hydrogen) atoms. The number of hydrogen-bond donors (Lipinski definition) is 1. The van der Waals surface area contributed by atoms with Crippen LogP contribution < -0.4 is 0 Å². The Morgan fingerprint density at radius 2 is 1.71 bits per heavy atom. The fourth-order valence-corrected chi connectivity index (χ4v) is 5.33. The predicted octanol–water partition coefficient (Wildman–Crippen LogP) is 5.69. The average molecular weight is 468 g/mol. The highest BCUT2D eigenvalue weighted by Gasteiger charge is 2.36. The molecule has 1 N–H and O–H groups in total. The van der Waals surface area contributed by atoms with Crippen molar-refractivity contribution >= 4 is 39.8 Å². The van der Waals surface area contributed by atoms with Gasteiger partial charge in [-0.05, 0) is 86.8 Å². The number of hydrogen-bond acceptors (Lipinski definition) is 4. The number of carbonyl (C=O) groups excluding carboxylic acids is 1. The first-order chi connectivity index (χ1) is 16.3. The number of thioether (sulfide) groups is 1. The summed E-state index contributed by atoms with van der Waals surface area (Å²) in [6.45, 7) is 10.3. The van der Waals surface area contributed by atoms with Crippen LogP contribution in [0.1, 0.15) is 39.2 Å². The number of fused-ring (bicyclic) bond motifs is 1. The number of carbonyl (C=O) groups is 1. The van der Waals surface area contributed by atoms with Crippen molar-refractivity contribution in [1.82, 2.24) is 9.58 Å². The van der Waals surface area contributed by atoms with Crippen LogP contribution in [-0.2, 0) is 4.79 Å². The van der Waals surface area contributed by atoms with Crippen LogP contribution in [-0.4, -0.2) is 31.5 Å². The summed E-state index contributed by atoms with van der Waals surface area (Å²) in [5.41, 5.74) is 8.82. The molecule has 2 aliphatic heterocycles. The minimum atomic E-state index is -0.415. The van der Waals surface area contributed by atoms with E-state index in [1.54, 1.807) is 6.08 Å². The molecule has 0 unspecified atom stereocenters. The second-order valence-corrected chi connectivity index (χ2v) is 9.58. The normalized spacial score (nSPS) is 16.7. The monoisotopic (exact) mass is 467 g/mol. The first kappa shape index (κ1) is 22.1. The highest BCUT2D eigenvalue weighted by atomic mass is 32.2. The van der Waals surface area contributed by atoms with Gasteiger partial charge in [-0.15, -0.1) is 0 Å². The Labute approximate surface area is 203 Å². The Kier molecular flexibility index (Phi) is 5.37. The van der Waals surface area contributed by atoms with Gasteiger partial charge in [0.15, 0.2) is 5.84 Å². The van der Waals surface area contributed by atoms with Gasteiger partial charge < -0.3 is 4.57 Å². The Hall–Kier alpha value is -3.71. The number of nitrogens with zero attached hydrogens (tertiary/aromatic N) is 4. The molecule has 1 amide bonds. The summed E-state index contributed by atoms with van der Waals surface area (Å²) in [6.07, 6.45) is 1.76. The molecule has 0 radical (unpaired) electrons. The molecule has 1 aromatic heterocycles. The molecule has 2 aromatic carbocycles. The topological polar surface area (TPSA) is 73.8 Å². The van der Waals surface area contributed by atoms with Crippen LogP contribution in [0, 0.1) is 40.0 Å². The van der Waals surface area contributed by atoms with E-state index in [0.717, 1.165) is 38.8 Å². The fourth-order valence-electron chi connectivity index (χ4n) is 4.35. The number of amidine groups is 2. The van der Waals surface area contributed by atoms with Gasteiger partial charge >= 0.3 is 0 Å². The molecule has 0 aliphatic carbocycles. The van der Waals surface area contributed by atoms with Gasteiger partial charge in [0.2, 0.25) is 5.17 Å². The minimum Gasteiger partial charge on any atom is -0.318 e. The van der Waals surface area contributed by atoms with Crippen LogP contribution in [0.3, 0.4) is 0 Å². The molecule has 7 heteroatoms. The molecular formula is C27H25N5OS. The molecule has 2 aliphatic rings. The number of amides is 1. The summed E-state index contributed by atoms with van der Waals surface area (Å²) in [7, 11) is 0. The van der Waals surface area contributed by atoms with E-state index in [9.17, 15) is 4.79 Å². The molecule has 0 saturated carbocycles. The van der Waals surface area contributed by atoms with Gasteiger partial charge in [0.05, 0.1) is 5.57 Å². The van der Waals surface area contributed by atoms with Crippen molar-refractivity contribution in [3.8, 4) is 5.69 Å². The van der Waals surface area contributed by atoms with Gasteiger partial charge in [-0.2, -0.15) is 15.1 Å². The van der Waals surface area contributed by atoms with E-state index in [1.165, 1.54) is 27.9 Å². The molecule has 3 aromatic rings. The molecular weight excluding hydrogens is 442 g/mol. The smallest absolute Gasteiger partial charge is 0.283 e. The maximum atomic E-state index is 12.9. The zero-order valence-electron chi connectivity index (χ0n) is 19.8. The lowest BCUT2D eigenvalue weighted by atomic mass is 10.1. The Balaban J connectivity index is 1.54. The molecule has 0 fully saturated rings. The quantitative estimate of drug-likeness (QED) is 0.503. The van der Waals surface area contributed by atoms with E-state index in [0.29, 0.717) is 5.17 Å². The van der Waals surface area contributed by atoms with Gasteiger partial charge in [-0.1, -0.05) is 36.4 Å². The number of aryl methyl sites for hydroxylation is 3. The van der Waals surface area contributed by atoms with Gasteiger partial charge in [0.25, 0.3) is 5.91 Å². The van der Waals surface area contributed by atoms with E-state index in [4.69, 9.17) is 5.41 Å². The minimum absolute atomic E-state index is 0.0441. The SMILES string of the molecule is Cc1ccccc1C1=NN2C(=N)/C(=C\c3cc(C)n(-c4cccc(C)c4C)c3C)C(=O)N=C2S1. The fraction of sp³-hybridized carbons (Fsp3) is 0.185. The van der Waals surface area contributed by atoms with Crippen molar-refractivity contribution in [2.75, 3.05) is 0 Å². The molecule has 0 atom stereocenters. The van der Waals surface area contributed by atoms with E-state index >= 15 is 0 Å². The van der Waals surface area contributed by atoms with E-state index in [-0.39, 0.29) is 11.4 Å². The largest absolute Gasteiger partial charge is 0.318 e. The van der Waals surface area contributed by atoms with Crippen molar-refractivity contribution in [2.24, 2.45) is 10.1 Å².